The Kier molecular flexibility index (Phi) is 4.35. The standard InChI is InChI=1S/C13H18N4O2/c1-2-5-15-12-10-11(3-4-13(12)17(18)19)16-8-6-14-7-9-16/h2-4,10,14-15H,1,5-9H2. The fourth-order valence-corrected chi connectivity index (χ4v) is 2.13. The molecule has 102 valence electrons. The number of nitro groups is 1. The molecule has 0 bridgehead atoms. The molecule has 1 heterocycles. The summed E-state index contributed by atoms with van der Waals surface area (Å²) in [4.78, 5) is 12.8. The van der Waals surface area contributed by atoms with Crippen molar-refractivity contribution in [1.82, 2.24) is 5.32 Å². The van der Waals surface area contributed by atoms with Gasteiger partial charge in [-0.25, -0.2) is 0 Å². The Balaban J connectivity index is 2.25. The van der Waals surface area contributed by atoms with Crippen molar-refractivity contribution in [3.05, 3.63) is 41.0 Å². The van der Waals surface area contributed by atoms with Crippen LogP contribution in [0, 0.1) is 10.1 Å². The van der Waals surface area contributed by atoms with Gasteiger partial charge in [-0.05, 0) is 12.1 Å². The van der Waals surface area contributed by atoms with Crippen molar-refractivity contribution in [3.63, 3.8) is 0 Å². The molecular weight excluding hydrogens is 244 g/mol. The van der Waals surface area contributed by atoms with E-state index in [9.17, 15) is 10.1 Å². The smallest absolute Gasteiger partial charge is 0.292 e. The fourth-order valence-electron chi connectivity index (χ4n) is 2.13. The lowest BCUT2D eigenvalue weighted by atomic mass is 10.2. The number of piperazine rings is 1. The Labute approximate surface area is 112 Å². The summed E-state index contributed by atoms with van der Waals surface area (Å²) in [7, 11) is 0. The fraction of sp³-hybridized carbons (Fsp3) is 0.385. The first-order valence-corrected chi connectivity index (χ1v) is 6.31. The van der Waals surface area contributed by atoms with Gasteiger partial charge in [0, 0.05) is 44.5 Å². The Hall–Kier alpha value is -2.08. The van der Waals surface area contributed by atoms with Crippen LogP contribution in [0.15, 0.2) is 30.9 Å². The van der Waals surface area contributed by atoms with Gasteiger partial charge in [0.15, 0.2) is 0 Å². The highest BCUT2D eigenvalue weighted by Gasteiger charge is 2.17. The summed E-state index contributed by atoms with van der Waals surface area (Å²) in [6, 6.07) is 5.21. The van der Waals surface area contributed by atoms with Gasteiger partial charge in [-0.2, -0.15) is 0 Å². The van der Waals surface area contributed by atoms with Crippen LogP contribution in [0.5, 0.6) is 0 Å². The second-order valence-corrected chi connectivity index (χ2v) is 4.37. The summed E-state index contributed by atoms with van der Waals surface area (Å²) in [6.07, 6.45) is 1.68. The summed E-state index contributed by atoms with van der Waals surface area (Å²) in [5.74, 6) is 0. The summed E-state index contributed by atoms with van der Waals surface area (Å²) in [5.41, 5.74) is 1.65. The lowest BCUT2D eigenvalue weighted by Crippen LogP contribution is -2.43. The topological polar surface area (TPSA) is 70.4 Å². The molecule has 1 aromatic rings. The van der Waals surface area contributed by atoms with Gasteiger partial charge in [0.25, 0.3) is 5.69 Å². The zero-order valence-corrected chi connectivity index (χ0v) is 10.8. The van der Waals surface area contributed by atoms with E-state index in [2.05, 4.69) is 22.1 Å². The van der Waals surface area contributed by atoms with E-state index in [4.69, 9.17) is 0 Å². The molecule has 2 N–H and O–H groups in total. The van der Waals surface area contributed by atoms with Crippen LogP contribution in [0.1, 0.15) is 0 Å². The number of rotatable bonds is 5. The lowest BCUT2D eigenvalue weighted by Gasteiger charge is -2.29. The Morgan fingerprint density at radius 2 is 2.21 bits per heavy atom. The van der Waals surface area contributed by atoms with Gasteiger partial charge in [-0.1, -0.05) is 6.08 Å². The van der Waals surface area contributed by atoms with Gasteiger partial charge < -0.3 is 15.5 Å². The van der Waals surface area contributed by atoms with Crippen molar-refractivity contribution >= 4 is 17.1 Å². The SMILES string of the molecule is C=CCNc1cc(N2CCNCC2)ccc1[N+](=O)[O-]. The van der Waals surface area contributed by atoms with Crippen molar-refractivity contribution in [2.75, 3.05) is 42.9 Å². The van der Waals surface area contributed by atoms with Crippen molar-refractivity contribution in [2.24, 2.45) is 0 Å². The van der Waals surface area contributed by atoms with Crippen LogP contribution >= 0.6 is 0 Å². The average molecular weight is 262 g/mol. The third-order valence-corrected chi connectivity index (χ3v) is 3.10. The molecule has 1 aliphatic rings. The largest absolute Gasteiger partial charge is 0.376 e. The van der Waals surface area contributed by atoms with E-state index < -0.39 is 0 Å². The predicted octanol–water partition coefficient (Wildman–Crippen LogP) is 1.60. The molecule has 0 aromatic heterocycles. The zero-order chi connectivity index (χ0) is 13.7. The molecule has 2 rings (SSSR count). The minimum atomic E-state index is -0.368. The monoisotopic (exact) mass is 262 g/mol. The van der Waals surface area contributed by atoms with Crippen LogP contribution in [0.2, 0.25) is 0 Å². The van der Waals surface area contributed by atoms with E-state index in [-0.39, 0.29) is 10.6 Å². The van der Waals surface area contributed by atoms with Crippen molar-refractivity contribution in [3.8, 4) is 0 Å². The Bertz CT molecular complexity index is 470. The molecule has 0 radical (unpaired) electrons. The number of hydrogen-bond donors (Lipinski definition) is 2. The van der Waals surface area contributed by atoms with Crippen LogP contribution in [-0.4, -0.2) is 37.6 Å². The molecule has 19 heavy (non-hydrogen) atoms. The van der Waals surface area contributed by atoms with Gasteiger partial charge in [-0.3, -0.25) is 10.1 Å². The van der Waals surface area contributed by atoms with E-state index in [1.807, 2.05) is 12.1 Å². The summed E-state index contributed by atoms with van der Waals surface area (Å²) >= 11 is 0. The number of benzene rings is 1. The van der Waals surface area contributed by atoms with Gasteiger partial charge in [-0.15, -0.1) is 6.58 Å². The lowest BCUT2D eigenvalue weighted by molar-refractivity contribution is -0.383. The van der Waals surface area contributed by atoms with Crippen molar-refractivity contribution in [2.45, 2.75) is 0 Å². The molecule has 0 spiro atoms. The van der Waals surface area contributed by atoms with E-state index in [0.717, 1.165) is 31.9 Å². The molecule has 0 saturated carbocycles. The Morgan fingerprint density at radius 1 is 1.47 bits per heavy atom. The number of anilines is 2. The number of hydrogen-bond acceptors (Lipinski definition) is 5. The van der Waals surface area contributed by atoms with Crippen LogP contribution in [0.3, 0.4) is 0 Å². The van der Waals surface area contributed by atoms with Gasteiger partial charge in [0.05, 0.1) is 4.92 Å². The van der Waals surface area contributed by atoms with Gasteiger partial charge >= 0.3 is 0 Å². The highest BCUT2D eigenvalue weighted by Crippen LogP contribution is 2.29. The van der Waals surface area contributed by atoms with Crippen LogP contribution in [0.4, 0.5) is 17.1 Å². The van der Waals surface area contributed by atoms with Crippen molar-refractivity contribution in [1.29, 1.82) is 0 Å². The zero-order valence-electron chi connectivity index (χ0n) is 10.8. The van der Waals surface area contributed by atoms with Gasteiger partial charge in [0.2, 0.25) is 0 Å². The van der Waals surface area contributed by atoms with E-state index in [1.54, 1.807) is 12.1 Å². The normalized spacial score (nSPS) is 15.1. The first kappa shape index (κ1) is 13.4. The minimum absolute atomic E-state index is 0.0979. The molecule has 1 aromatic carbocycles. The van der Waals surface area contributed by atoms with Crippen LogP contribution in [-0.2, 0) is 0 Å². The molecule has 1 aliphatic heterocycles. The molecule has 1 saturated heterocycles. The Morgan fingerprint density at radius 3 is 2.84 bits per heavy atom. The molecule has 0 aliphatic carbocycles. The third kappa shape index (κ3) is 3.23. The predicted molar refractivity (Wildman–Crippen MR) is 76.9 cm³/mol. The van der Waals surface area contributed by atoms with E-state index in [0.29, 0.717) is 12.2 Å². The summed E-state index contributed by atoms with van der Waals surface area (Å²) in [6.45, 7) is 7.82. The maximum Gasteiger partial charge on any atom is 0.292 e. The average Bonchev–Trinajstić information content (AvgIpc) is 2.45. The maximum atomic E-state index is 11.0. The summed E-state index contributed by atoms with van der Waals surface area (Å²) in [5, 5.41) is 17.3. The molecule has 0 unspecified atom stereocenters. The van der Waals surface area contributed by atoms with Gasteiger partial charge in [0.1, 0.15) is 5.69 Å². The first-order chi connectivity index (χ1) is 9.22. The maximum absolute atomic E-state index is 11.0. The van der Waals surface area contributed by atoms with Crippen LogP contribution < -0.4 is 15.5 Å². The number of nitro benzene ring substituents is 1. The van der Waals surface area contributed by atoms with E-state index >= 15 is 0 Å². The highest BCUT2D eigenvalue weighted by molar-refractivity contribution is 5.69. The van der Waals surface area contributed by atoms with Crippen molar-refractivity contribution < 1.29 is 4.92 Å². The quantitative estimate of drug-likeness (QED) is 0.479. The molecule has 6 nitrogen and oxygen atoms in total. The second-order valence-electron chi connectivity index (χ2n) is 4.37. The molecule has 6 heteroatoms. The first-order valence-electron chi connectivity index (χ1n) is 6.31. The summed E-state index contributed by atoms with van der Waals surface area (Å²) < 4.78 is 0. The molecule has 0 amide bonds. The van der Waals surface area contributed by atoms with Crippen LogP contribution in [0.25, 0.3) is 0 Å². The number of nitrogens with zero attached hydrogens (tertiary/aromatic N) is 2. The molecule has 0 atom stereocenters. The molecule has 1 fully saturated rings. The highest BCUT2D eigenvalue weighted by atomic mass is 16.6. The van der Waals surface area contributed by atoms with E-state index in [1.165, 1.54) is 0 Å². The second kappa shape index (κ2) is 6.19. The third-order valence-electron chi connectivity index (χ3n) is 3.10. The number of nitrogens with one attached hydrogen (secondary N) is 2. The molecular formula is C13H18N4O2. The minimum Gasteiger partial charge on any atom is -0.376 e.